The number of nitrogens with zero attached hydrogens (tertiary/aromatic N) is 2. The van der Waals surface area contributed by atoms with E-state index in [0.29, 0.717) is 13.1 Å². The zero-order valence-electron chi connectivity index (χ0n) is 12.8. The summed E-state index contributed by atoms with van der Waals surface area (Å²) in [6, 6.07) is 8.04. The third-order valence-electron chi connectivity index (χ3n) is 3.97. The van der Waals surface area contributed by atoms with Gasteiger partial charge in [0.1, 0.15) is 5.25 Å². The highest BCUT2D eigenvalue weighted by molar-refractivity contribution is 7.87. The molecule has 0 saturated carbocycles. The first-order valence-corrected chi connectivity index (χ1v) is 8.78. The zero-order valence-corrected chi connectivity index (χ0v) is 13.6. The monoisotopic (exact) mass is 328 g/mol. The second-order valence-electron chi connectivity index (χ2n) is 5.56. The van der Waals surface area contributed by atoms with Crippen LogP contribution in [-0.2, 0) is 15.0 Å². The van der Waals surface area contributed by atoms with Crippen LogP contribution in [0.15, 0.2) is 24.3 Å². The van der Waals surface area contributed by atoms with Gasteiger partial charge in [0.25, 0.3) is 0 Å². The number of likely N-dealkylation sites (tertiary alicyclic amines) is 1. The van der Waals surface area contributed by atoms with E-state index < -0.39 is 15.5 Å². The van der Waals surface area contributed by atoms with Gasteiger partial charge in [-0.05, 0) is 31.5 Å². The number of carbonyl (C=O) groups excluding carboxylic acids is 1. The Morgan fingerprint density at radius 2 is 2.14 bits per heavy atom. The van der Waals surface area contributed by atoms with Crippen molar-refractivity contribution in [1.82, 2.24) is 4.90 Å². The van der Waals surface area contributed by atoms with Gasteiger partial charge in [0.05, 0.1) is 0 Å². The van der Waals surface area contributed by atoms with E-state index >= 15 is 0 Å². The lowest BCUT2D eigenvalue weighted by atomic mass is 10.2. The Bertz CT molecular complexity index is 648. The van der Waals surface area contributed by atoms with Crippen molar-refractivity contribution in [3.63, 3.8) is 0 Å². The SMILES string of the molecule is CCN(CCN1CC(S(=O)(=O)F)CC1=O)c1cccc(C)c1. The highest BCUT2D eigenvalue weighted by Crippen LogP contribution is 2.20. The number of aryl methyl sites for hydroxylation is 1. The molecule has 1 aliphatic rings. The first-order chi connectivity index (χ1) is 10.3. The molecule has 1 amide bonds. The maximum Gasteiger partial charge on any atom is 0.307 e. The van der Waals surface area contributed by atoms with E-state index in [0.717, 1.165) is 17.8 Å². The number of halogens is 1. The Labute approximate surface area is 130 Å². The average Bonchev–Trinajstić information content (AvgIpc) is 2.81. The molecular weight excluding hydrogens is 307 g/mol. The number of carbonyl (C=O) groups is 1. The predicted octanol–water partition coefficient (Wildman–Crippen LogP) is 1.72. The highest BCUT2D eigenvalue weighted by atomic mass is 32.3. The van der Waals surface area contributed by atoms with Crippen molar-refractivity contribution in [3.05, 3.63) is 29.8 Å². The topological polar surface area (TPSA) is 57.7 Å². The number of likely N-dealkylation sites (N-methyl/N-ethyl adjacent to an activating group) is 1. The fraction of sp³-hybridized carbons (Fsp3) is 0.533. The Hall–Kier alpha value is -1.63. The van der Waals surface area contributed by atoms with Crippen LogP contribution >= 0.6 is 0 Å². The molecule has 22 heavy (non-hydrogen) atoms. The molecule has 122 valence electrons. The molecule has 1 atom stereocenters. The molecule has 1 unspecified atom stereocenters. The van der Waals surface area contributed by atoms with E-state index in [-0.39, 0.29) is 18.9 Å². The fourth-order valence-corrected chi connectivity index (χ4v) is 3.38. The molecule has 0 aliphatic carbocycles. The smallest absolute Gasteiger partial charge is 0.307 e. The quantitative estimate of drug-likeness (QED) is 0.746. The molecule has 1 aromatic carbocycles. The first kappa shape index (κ1) is 16.7. The van der Waals surface area contributed by atoms with Gasteiger partial charge in [-0.1, -0.05) is 12.1 Å². The minimum absolute atomic E-state index is 0.0525. The maximum atomic E-state index is 13.0. The van der Waals surface area contributed by atoms with Gasteiger partial charge in [0, 0.05) is 38.3 Å². The van der Waals surface area contributed by atoms with Crippen LogP contribution in [0.4, 0.5) is 9.57 Å². The van der Waals surface area contributed by atoms with E-state index in [2.05, 4.69) is 11.0 Å². The van der Waals surface area contributed by atoms with E-state index in [9.17, 15) is 17.1 Å². The molecule has 7 heteroatoms. The van der Waals surface area contributed by atoms with Gasteiger partial charge < -0.3 is 9.80 Å². The van der Waals surface area contributed by atoms with Crippen LogP contribution in [-0.4, -0.2) is 50.7 Å². The minimum Gasteiger partial charge on any atom is -0.370 e. The molecule has 1 aliphatic heterocycles. The highest BCUT2D eigenvalue weighted by Gasteiger charge is 2.38. The molecule has 1 fully saturated rings. The molecule has 0 radical (unpaired) electrons. The molecule has 0 spiro atoms. The average molecular weight is 328 g/mol. The van der Waals surface area contributed by atoms with E-state index in [1.165, 1.54) is 4.90 Å². The van der Waals surface area contributed by atoms with Gasteiger partial charge in [0.2, 0.25) is 5.91 Å². The van der Waals surface area contributed by atoms with Crippen LogP contribution in [0.1, 0.15) is 18.9 Å². The maximum absolute atomic E-state index is 13.0. The lowest BCUT2D eigenvalue weighted by Gasteiger charge is -2.26. The summed E-state index contributed by atoms with van der Waals surface area (Å²) in [5.41, 5.74) is 2.21. The minimum atomic E-state index is -4.65. The normalized spacial score (nSPS) is 18.8. The lowest BCUT2D eigenvalue weighted by Crippen LogP contribution is -2.36. The molecular formula is C15H21FN2O3S. The molecule has 1 heterocycles. The van der Waals surface area contributed by atoms with Crippen molar-refractivity contribution in [2.24, 2.45) is 0 Å². The van der Waals surface area contributed by atoms with Crippen LogP contribution in [0, 0.1) is 6.92 Å². The van der Waals surface area contributed by atoms with E-state index in [1.807, 2.05) is 32.0 Å². The number of rotatable bonds is 6. The Balaban J connectivity index is 1.98. The van der Waals surface area contributed by atoms with Gasteiger partial charge in [-0.15, -0.1) is 3.89 Å². The number of benzene rings is 1. The van der Waals surface area contributed by atoms with E-state index in [4.69, 9.17) is 0 Å². The summed E-state index contributed by atoms with van der Waals surface area (Å²) >= 11 is 0. The zero-order chi connectivity index (χ0) is 16.3. The number of hydrogen-bond donors (Lipinski definition) is 0. The van der Waals surface area contributed by atoms with Gasteiger partial charge in [-0.25, -0.2) is 0 Å². The Kier molecular flexibility index (Phi) is 5.05. The molecule has 0 N–H and O–H groups in total. The van der Waals surface area contributed by atoms with Gasteiger partial charge in [-0.2, -0.15) is 8.42 Å². The van der Waals surface area contributed by atoms with Crippen molar-refractivity contribution >= 4 is 21.8 Å². The third kappa shape index (κ3) is 3.97. The summed E-state index contributed by atoms with van der Waals surface area (Å²) in [4.78, 5) is 15.3. The van der Waals surface area contributed by atoms with E-state index in [1.54, 1.807) is 0 Å². The summed E-state index contributed by atoms with van der Waals surface area (Å²) in [7, 11) is -4.65. The van der Waals surface area contributed by atoms with Crippen molar-refractivity contribution in [2.75, 3.05) is 31.1 Å². The number of amides is 1. The molecule has 0 aromatic heterocycles. The molecule has 1 aromatic rings. The second-order valence-corrected chi connectivity index (χ2v) is 7.18. The standard InChI is InChI=1S/C15H21FN2O3S/c1-3-17(13-6-4-5-12(2)9-13)7-8-18-11-14(10-15(18)19)22(16,20)21/h4-6,9,14H,3,7-8,10-11H2,1-2H3. The Morgan fingerprint density at radius 1 is 1.41 bits per heavy atom. The third-order valence-corrected chi connectivity index (χ3v) is 5.08. The summed E-state index contributed by atoms with van der Waals surface area (Å²) in [5.74, 6) is -0.300. The van der Waals surface area contributed by atoms with Crippen molar-refractivity contribution in [2.45, 2.75) is 25.5 Å². The van der Waals surface area contributed by atoms with Crippen LogP contribution in [0.3, 0.4) is 0 Å². The summed E-state index contributed by atoms with van der Waals surface area (Å²) in [6.45, 7) is 5.73. The van der Waals surface area contributed by atoms with Crippen LogP contribution in [0.5, 0.6) is 0 Å². The predicted molar refractivity (Wildman–Crippen MR) is 84.1 cm³/mol. The molecule has 0 bridgehead atoms. The molecule has 2 rings (SSSR count). The fourth-order valence-electron chi connectivity index (χ4n) is 2.68. The summed E-state index contributed by atoms with van der Waals surface area (Å²) in [6.07, 6.45) is -0.255. The first-order valence-electron chi connectivity index (χ1n) is 7.34. The van der Waals surface area contributed by atoms with Crippen molar-refractivity contribution in [3.8, 4) is 0 Å². The molecule has 5 nitrogen and oxygen atoms in total. The van der Waals surface area contributed by atoms with Crippen LogP contribution in [0.2, 0.25) is 0 Å². The van der Waals surface area contributed by atoms with Gasteiger partial charge in [0.15, 0.2) is 0 Å². The van der Waals surface area contributed by atoms with Crippen molar-refractivity contribution in [1.29, 1.82) is 0 Å². The summed E-state index contributed by atoms with van der Waals surface area (Å²) in [5, 5.41) is -1.21. The van der Waals surface area contributed by atoms with Gasteiger partial charge in [-0.3, -0.25) is 4.79 Å². The number of anilines is 1. The lowest BCUT2D eigenvalue weighted by molar-refractivity contribution is -0.127. The van der Waals surface area contributed by atoms with Gasteiger partial charge >= 0.3 is 10.2 Å². The Morgan fingerprint density at radius 3 is 2.68 bits per heavy atom. The van der Waals surface area contributed by atoms with Crippen LogP contribution < -0.4 is 4.90 Å². The number of hydrogen-bond acceptors (Lipinski definition) is 4. The van der Waals surface area contributed by atoms with Crippen molar-refractivity contribution < 1.29 is 17.1 Å². The summed E-state index contributed by atoms with van der Waals surface area (Å²) < 4.78 is 34.8. The second kappa shape index (κ2) is 6.64. The largest absolute Gasteiger partial charge is 0.370 e. The van der Waals surface area contributed by atoms with Crippen LogP contribution in [0.25, 0.3) is 0 Å². The molecule has 1 saturated heterocycles.